The summed E-state index contributed by atoms with van der Waals surface area (Å²) in [6, 6.07) is 0. The van der Waals surface area contributed by atoms with Gasteiger partial charge in [0.1, 0.15) is 0 Å². The van der Waals surface area contributed by atoms with Crippen LogP contribution in [0.15, 0.2) is 24.3 Å². The van der Waals surface area contributed by atoms with Crippen molar-refractivity contribution in [1.29, 1.82) is 0 Å². The number of hydrogen-bond donors (Lipinski definition) is 1. The zero-order valence-corrected chi connectivity index (χ0v) is 20.5. The highest BCUT2D eigenvalue weighted by Crippen LogP contribution is 2.67. The van der Waals surface area contributed by atoms with Crippen LogP contribution >= 0.6 is 0 Å². The fourth-order valence-corrected chi connectivity index (χ4v) is 9.20. The van der Waals surface area contributed by atoms with Crippen LogP contribution in [0.3, 0.4) is 0 Å². The van der Waals surface area contributed by atoms with E-state index in [1.54, 1.807) is 5.57 Å². The van der Waals surface area contributed by atoms with Gasteiger partial charge in [-0.15, -0.1) is 6.58 Å². The smallest absolute Gasteiger partial charge is 0.0577 e. The summed E-state index contributed by atoms with van der Waals surface area (Å²) >= 11 is 0. The monoisotopic (exact) mass is 412 g/mol. The molecule has 4 aliphatic carbocycles. The summed E-state index contributed by atoms with van der Waals surface area (Å²) in [6.45, 7) is 16.6. The average molecular weight is 413 g/mol. The minimum atomic E-state index is -0.0871. The number of rotatable bonds is 6. The Morgan fingerprint density at radius 2 is 1.90 bits per heavy atom. The molecule has 1 nitrogen and oxygen atoms in total. The predicted octanol–water partition coefficient (Wildman–Crippen LogP) is 7.80. The Labute approximate surface area is 186 Å². The van der Waals surface area contributed by atoms with Crippen molar-refractivity contribution in [3.8, 4) is 0 Å². The van der Waals surface area contributed by atoms with Gasteiger partial charge in [0.2, 0.25) is 0 Å². The summed E-state index contributed by atoms with van der Waals surface area (Å²) < 4.78 is 0. The highest BCUT2D eigenvalue weighted by Gasteiger charge is 2.59. The number of fused-ring (bicyclic) bond motifs is 5. The molecule has 170 valence electrons. The van der Waals surface area contributed by atoms with Gasteiger partial charge in [-0.1, -0.05) is 58.8 Å². The topological polar surface area (TPSA) is 20.2 Å². The van der Waals surface area contributed by atoms with Crippen molar-refractivity contribution in [3.05, 3.63) is 24.3 Å². The summed E-state index contributed by atoms with van der Waals surface area (Å²) in [5, 5.41) is 10.2. The number of hydrogen-bond acceptors (Lipinski definition) is 1. The molecule has 10 atom stereocenters. The molecular formula is C29H48O. The van der Waals surface area contributed by atoms with Gasteiger partial charge in [-0.25, -0.2) is 0 Å². The number of allylic oxidation sites excluding steroid dienone is 2. The molecule has 3 saturated carbocycles. The maximum Gasteiger partial charge on any atom is 0.0577 e. The maximum absolute atomic E-state index is 10.2. The minimum Gasteiger partial charge on any atom is -0.393 e. The maximum atomic E-state index is 10.2. The van der Waals surface area contributed by atoms with Gasteiger partial charge < -0.3 is 5.11 Å². The van der Waals surface area contributed by atoms with Crippen LogP contribution in [0.1, 0.15) is 98.8 Å². The molecule has 0 aromatic carbocycles. The van der Waals surface area contributed by atoms with E-state index in [1.807, 2.05) is 0 Å². The van der Waals surface area contributed by atoms with E-state index in [4.69, 9.17) is 0 Å². The predicted molar refractivity (Wildman–Crippen MR) is 128 cm³/mol. The van der Waals surface area contributed by atoms with Crippen LogP contribution in [0, 0.1) is 52.3 Å². The Morgan fingerprint density at radius 3 is 2.60 bits per heavy atom. The van der Waals surface area contributed by atoms with Gasteiger partial charge in [0.05, 0.1) is 6.10 Å². The fourth-order valence-electron chi connectivity index (χ4n) is 9.20. The second kappa shape index (κ2) is 8.42. The molecule has 0 amide bonds. The standard InChI is InChI=1S/C29H48O/c1-7-19(3)21(8-2)17-20(4)25-11-12-26-24-10-9-22-18-23(30)13-15-28(22,5)27(24)14-16-29(25,26)6/h7,9,19-21,23-27,30H,1,8,10-18H2,2-6H3. The summed E-state index contributed by atoms with van der Waals surface area (Å²) in [7, 11) is 0. The summed E-state index contributed by atoms with van der Waals surface area (Å²) in [5.74, 6) is 5.84. The first-order valence-corrected chi connectivity index (χ1v) is 13.2. The van der Waals surface area contributed by atoms with Crippen LogP contribution in [0.25, 0.3) is 0 Å². The normalized spacial score (nSPS) is 46.1. The van der Waals surface area contributed by atoms with E-state index in [1.165, 1.54) is 51.4 Å². The average Bonchev–Trinajstić information content (AvgIpc) is 3.09. The van der Waals surface area contributed by atoms with Crippen molar-refractivity contribution in [2.75, 3.05) is 0 Å². The SMILES string of the molecule is C=CC(C)C(CC)CC(C)C1CCC2C3CC=C4CC(O)CCC4(C)C3CCC12C. The quantitative estimate of drug-likeness (QED) is 0.441. The van der Waals surface area contributed by atoms with Crippen molar-refractivity contribution in [3.63, 3.8) is 0 Å². The van der Waals surface area contributed by atoms with Gasteiger partial charge in [-0.2, -0.15) is 0 Å². The van der Waals surface area contributed by atoms with Crippen molar-refractivity contribution in [2.45, 2.75) is 105 Å². The molecule has 1 N–H and O–H groups in total. The van der Waals surface area contributed by atoms with E-state index in [2.05, 4.69) is 53.3 Å². The Hall–Kier alpha value is -0.560. The van der Waals surface area contributed by atoms with Crippen LogP contribution in [0.5, 0.6) is 0 Å². The van der Waals surface area contributed by atoms with Gasteiger partial charge in [-0.05, 0) is 110 Å². The third kappa shape index (κ3) is 3.56. The molecule has 0 aromatic heterocycles. The molecule has 0 bridgehead atoms. The number of aliphatic hydroxyl groups is 1. The molecule has 10 unspecified atom stereocenters. The van der Waals surface area contributed by atoms with E-state index < -0.39 is 0 Å². The van der Waals surface area contributed by atoms with E-state index in [0.29, 0.717) is 16.7 Å². The van der Waals surface area contributed by atoms with E-state index in [0.717, 1.165) is 48.3 Å². The Kier molecular flexibility index (Phi) is 6.35. The highest BCUT2D eigenvalue weighted by atomic mass is 16.3. The Morgan fingerprint density at radius 1 is 1.13 bits per heavy atom. The van der Waals surface area contributed by atoms with E-state index >= 15 is 0 Å². The van der Waals surface area contributed by atoms with E-state index in [9.17, 15) is 5.11 Å². The van der Waals surface area contributed by atoms with Gasteiger partial charge in [0.25, 0.3) is 0 Å². The lowest BCUT2D eigenvalue weighted by atomic mass is 9.47. The molecule has 4 aliphatic rings. The summed E-state index contributed by atoms with van der Waals surface area (Å²) in [6.07, 6.45) is 17.6. The third-order valence-electron chi connectivity index (χ3n) is 11.2. The first-order chi connectivity index (χ1) is 14.2. The van der Waals surface area contributed by atoms with Crippen LogP contribution < -0.4 is 0 Å². The lowest BCUT2D eigenvalue weighted by Crippen LogP contribution is -2.50. The van der Waals surface area contributed by atoms with E-state index in [-0.39, 0.29) is 6.10 Å². The Balaban J connectivity index is 1.52. The highest BCUT2D eigenvalue weighted by molar-refractivity contribution is 5.25. The van der Waals surface area contributed by atoms with Gasteiger partial charge in [0.15, 0.2) is 0 Å². The first-order valence-electron chi connectivity index (χ1n) is 13.2. The lowest BCUT2D eigenvalue weighted by molar-refractivity contribution is -0.0583. The van der Waals surface area contributed by atoms with Crippen molar-refractivity contribution >= 4 is 0 Å². The molecule has 0 heterocycles. The molecule has 0 aliphatic heterocycles. The van der Waals surface area contributed by atoms with Crippen molar-refractivity contribution < 1.29 is 5.11 Å². The minimum absolute atomic E-state index is 0.0871. The zero-order chi connectivity index (χ0) is 21.7. The summed E-state index contributed by atoms with van der Waals surface area (Å²) in [5.41, 5.74) is 2.53. The largest absolute Gasteiger partial charge is 0.393 e. The molecule has 4 rings (SSSR count). The van der Waals surface area contributed by atoms with Crippen LogP contribution in [-0.2, 0) is 0 Å². The van der Waals surface area contributed by atoms with Gasteiger partial charge in [0, 0.05) is 0 Å². The molecule has 0 saturated heterocycles. The van der Waals surface area contributed by atoms with Crippen LogP contribution in [0.2, 0.25) is 0 Å². The molecule has 0 radical (unpaired) electrons. The zero-order valence-electron chi connectivity index (χ0n) is 20.5. The lowest BCUT2D eigenvalue weighted by Gasteiger charge is -2.58. The molecule has 0 spiro atoms. The van der Waals surface area contributed by atoms with Crippen molar-refractivity contribution in [2.24, 2.45) is 52.3 Å². The fraction of sp³-hybridized carbons (Fsp3) is 0.862. The second-order valence-electron chi connectivity index (χ2n) is 12.4. The molecular weight excluding hydrogens is 364 g/mol. The third-order valence-corrected chi connectivity index (χ3v) is 11.2. The molecule has 0 aromatic rings. The van der Waals surface area contributed by atoms with Crippen LogP contribution in [-0.4, -0.2) is 11.2 Å². The number of aliphatic hydroxyl groups excluding tert-OH is 1. The van der Waals surface area contributed by atoms with Crippen molar-refractivity contribution in [1.82, 2.24) is 0 Å². The second-order valence-corrected chi connectivity index (χ2v) is 12.4. The van der Waals surface area contributed by atoms with Gasteiger partial charge >= 0.3 is 0 Å². The molecule has 30 heavy (non-hydrogen) atoms. The molecule has 3 fully saturated rings. The summed E-state index contributed by atoms with van der Waals surface area (Å²) in [4.78, 5) is 0. The first kappa shape index (κ1) is 22.6. The molecule has 1 heteroatoms. The van der Waals surface area contributed by atoms with Crippen LogP contribution in [0.4, 0.5) is 0 Å². The Bertz CT molecular complexity index is 663. The van der Waals surface area contributed by atoms with Gasteiger partial charge in [-0.3, -0.25) is 0 Å².